The number of aromatic nitrogens is 5. The van der Waals surface area contributed by atoms with E-state index in [2.05, 4.69) is 24.8 Å². The van der Waals surface area contributed by atoms with Crippen LogP contribution >= 0.6 is 0 Å². The van der Waals surface area contributed by atoms with Crippen molar-refractivity contribution in [2.24, 2.45) is 11.3 Å². The lowest BCUT2D eigenvalue weighted by Gasteiger charge is -2.34. The van der Waals surface area contributed by atoms with E-state index >= 15 is 0 Å². The molecule has 5 heterocycles. The van der Waals surface area contributed by atoms with Gasteiger partial charge in [0.1, 0.15) is 22.9 Å². The number of nitrogens with one attached hydrogen (secondary N) is 1. The van der Waals surface area contributed by atoms with Crippen molar-refractivity contribution in [3.8, 4) is 28.5 Å². The molecule has 0 unspecified atom stereocenters. The van der Waals surface area contributed by atoms with Crippen LogP contribution in [0.5, 0.6) is 5.88 Å². The second-order valence-corrected chi connectivity index (χ2v) is 12.8. The number of hydrogen-bond donors (Lipinski definition) is 2. The number of carboxylic acid groups (broad SMARTS) is 1. The van der Waals surface area contributed by atoms with Crippen LogP contribution in [0, 0.1) is 11.3 Å². The summed E-state index contributed by atoms with van der Waals surface area (Å²) in [6.45, 7) is 4.35. The molecule has 256 valence electrons. The van der Waals surface area contributed by atoms with E-state index in [-0.39, 0.29) is 29.4 Å². The number of nitrogens with zero attached hydrogens (tertiary/aromatic N) is 6. The number of ether oxygens (including phenoxy) is 2. The molecule has 1 saturated heterocycles. The monoisotopic (exact) mass is 667 g/mol. The predicted molar refractivity (Wildman–Crippen MR) is 175 cm³/mol. The number of halogens is 3. The van der Waals surface area contributed by atoms with Crippen LogP contribution in [0.2, 0.25) is 0 Å². The molecule has 0 atom stereocenters. The molecule has 4 aromatic heterocycles. The molecule has 2 fully saturated rings. The van der Waals surface area contributed by atoms with Crippen LogP contribution in [0.4, 0.5) is 24.7 Å². The molecule has 1 saturated carbocycles. The zero-order valence-corrected chi connectivity index (χ0v) is 27.3. The fraction of sp³-hybridized carbons (Fsp3) is 0.500. The topological polar surface area (TPSA) is 130 Å². The summed E-state index contributed by atoms with van der Waals surface area (Å²) in [6.07, 6.45) is 2.41. The number of alkyl halides is 3. The van der Waals surface area contributed by atoms with Crippen LogP contribution in [0.15, 0.2) is 36.5 Å². The first-order valence-corrected chi connectivity index (χ1v) is 16.3. The molecule has 6 rings (SSSR count). The third-order valence-corrected chi connectivity index (χ3v) is 9.41. The Morgan fingerprint density at radius 1 is 1.10 bits per heavy atom. The SMILES string of the molecule is CCOc1cc(-c2cc(N(C)CC3(COC)CCCC3)c3[nH]c(-c4ccc(N5CCC(C(=O)O)CC5)nc4)nc3n2)cc(C(F)(F)F)n1. The van der Waals surface area contributed by atoms with Gasteiger partial charge in [-0.15, -0.1) is 0 Å². The number of H-pyrrole nitrogens is 1. The smallest absolute Gasteiger partial charge is 0.433 e. The summed E-state index contributed by atoms with van der Waals surface area (Å²) in [5, 5.41) is 9.33. The van der Waals surface area contributed by atoms with E-state index in [0.29, 0.717) is 67.3 Å². The maximum atomic E-state index is 13.9. The number of aromatic amines is 1. The first kappa shape index (κ1) is 33.4. The predicted octanol–water partition coefficient (Wildman–Crippen LogP) is 6.44. The summed E-state index contributed by atoms with van der Waals surface area (Å²) in [5.41, 5.74) is 1.85. The molecule has 11 nitrogen and oxygen atoms in total. The summed E-state index contributed by atoms with van der Waals surface area (Å²) >= 11 is 0. The molecule has 2 N–H and O–H groups in total. The average Bonchev–Trinajstić information content (AvgIpc) is 3.71. The van der Waals surface area contributed by atoms with Gasteiger partial charge in [-0.25, -0.2) is 19.9 Å². The number of hydrogen-bond acceptors (Lipinski definition) is 9. The minimum Gasteiger partial charge on any atom is -0.481 e. The standard InChI is InChI=1S/C34H40F3N7O4/c1-4-48-28-16-23(15-26(40-28)34(35,36)37)24-17-25(43(2)19-33(20-47-3)11-5-6-12-33)29-31(39-24)42-30(41-29)22-7-8-27(38-18-22)44-13-9-21(10-14-44)32(45)46/h7-8,15-18,21H,4-6,9-14,19-20H2,1-3H3,(H,45,46)(H,39,41,42). The van der Waals surface area contributed by atoms with Gasteiger partial charge >= 0.3 is 12.1 Å². The molecule has 0 radical (unpaired) electrons. The Bertz CT molecular complexity index is 1750. The van der Waals surface area contributed by atoms with Gasteiger partial charge in [-0.1, -0.05) is 12.8 Å². The third-order valence-electron chi connectivity index (χ3n) is 9.41. The molecule has 0 spiro atoms. The molecular formula is C34H40F3N7O4. The Hall–Kier alpha value is -4.46. The number of carboxylic acids is 1. The molecule has 14 heteroatoms. The molecule has 1 aliphatic heterocycles. The van der Waals surface area contributed by atoms with Crippen molar-refractivity contribution in [1.82, 2.24) is 24.9 Å². The van der Waals surface area contributed by atoms with Gasteiger partial charge in [0.2, 0.25) is 5.88 Å². The summed E-state index contributed by atoms with van der Waals surface area (Å²) in [7, 11) is 3.68. The quantitative estimate of drug-likeness (QED) is 0.184. The number of rotatable bonds is 11. The summed E-state index contributed by atoms with van der Waals surface area (Å²) in [4.78, 5) is 36.8. The van der Waals surface area contributed by atoms with Gasteiger partial charge in [0.15, 0.2) is 5.65 Å². The lowest BCUT2D eigenvalue weighted by molar-refractivity contribution is -0.142. The van der Waals surface area contributed by atoms with Gasteiger partial charge in [0.05, 0.1) is 30.5 Å². The van der Waals surface area contributed by atoms with Crippen molar-refractivity contribution >= 4 is 28.6 Å². The first-order chi connectivity index (χ1) is 23.0. The molecule has 4 aromatic rings. The highest BCUT2D eigenvalue weighted by atomic mass is 19.4. The Morgan fingerprint density at radius 3 is 2.48 bits per heavy atom. The van der Waals surface area contributed by atoms with Crippen LogP contribution in [0.1, 0.15) is 51.1 Å². The number of carbonyl (C=O) groups is 1. The van der Waals surface area contributed by atoms with Gasteiger partial charge < -0.3 is 29.4 Å². The van der Waals surface area contributed by atoms with Crippen molar-refractivity contribution in [2.45, 2.75) is 51.6 Å². The lowest BCUT2D eigenvalue weighted by Crippen LogP contribution is -2.37. The highest BCUT2D eigenvalue weighted by Gasteiger charge is 2.36. The Balaban J connectivity index is 1.39. The summed E-state index contributed by atoms with van der Waals surface area (Å²) in [5.74, 6) is 0.0344. The van der Waals surface area contributed by atoms with Crippen molar-refractivity contribution in [1.29, 1.82) is 0 Å². The number of imidazole rings is 1. The van der Waals surface area contributed by atoms with Gasteiger partial charge in [0, 0.05) is 62.6 Å². The van der Waals surface area contributed by atoms with Crippen LogP contribution in [-0.4, -0.2) is 83.0 Å². The Kier molecular flexibility index (Phi) is 9.46. The zero-order chi connectivity index (χ0) is 34.1. The first-order valence-electron chi connectivity index (χ1n) is 16.3. The van der Waals surface area contributed by atoms with E-state index in [4.69, 9.17) is 19.4 Å². The van der Waals surface area contributed by atoms with Crippen LogP contribution < -0.4 is 14.5 Å². The number of fused-ring (bicyclic) bond motifs is 1. The number of piperidine rings is 1. The van der Waals surface area contributed by atoms with E-state index in [1.807, 2.05) is 19.2 Å². The van der Waals surface area contributed by atoms with Crippen LogP contribution in [0.3, 0.4) is 0 Å². The summed E-state index contributed by atoms with van der Waals surface area (Å²) < 4.78 is 52.7. The van der Waals surface area contributed by atoms with Gasteiger partial charge in [-0.3, -0.25) is 4.79 Å². The minimum atomic E-state index is -4.68. The highest BCUT2D eigenvalue weighted by Crippen LogP contribution is 2.41. The maximum absolute atomic E-state index is 13.9. The highest BCUT2D eigenvalue weighted by molar-refractivity contribution is 5.91. The van der Waals surface area contributed by atoms with Crippen LogP contribution in [-0.2, 0) is 15.7 Å². The Labute approximate surface area is 276 Å². The van der Waals surface area contributed by atoms with Gasteiger partial charge in [-0.05, 0) is 56.9 Å². The largest absolute Gasteiger partial charge is 0.481 e. The van der Waals surface area contributed by atoms with E-state index in [1.165, 1.54) is 6.07 Å². The van der Waals surface area contributed by atoms with Crippen molar-refractivity contribution in [3.05, 3.63) is 42.2 Å². The third kappa shape index (κ3) is 7.03. The van der Waals surface area contributed by atoms with Crippen molar-refractivity contribution < 1.29 is 32.5 Å². The van der Waals surface area contributed by atoms with Gasteiger partial charge in [-0.2, -0.15) is 13.2 Å². The molecule has 0 amide bonds. The van der Waals surface area contributed by atoms with Crippen molar-refractivity contribution in [2.75, 3.05) is 56.8 Å². The molecule has 2 aliphatic rings. The van der Waals surface area contributed by atoms with E-state index in [9.17, 15) is 23.1 Å². The normalized spacial score (nSPS) is 16.8. The second kappa shape index (κ2) is 13.6. The lowest BCUT2D eigenvalue weighted by atomic mass is 9.86. The van der Waals surface area contributed by atoms with E-state index in [1.54, 1.807) is 26.3 Å². The molecule has 1 aliphatic carbocycles. The van der Waals surface area contributed by atoms with Crippen molar-refractivity contribution in [3.63, 3.8) is 0 Å². The van der Waals surface area contributed by atoms with Crippen LogP contribution in [0.25, 0.3) is 33.8 Å². The molecule has 0 aromatic carbocycles. The average molecular weight is 668 g/mol. The Morgan fingerprint density at radius 2 is 1.85 bits per heavy atom. The number of methoxy groups -OCH3 is 1. The fourth-order valence-corrected chi connectivity index (χ4v) is 7.01. The maximum Gasteiger partial charge on any atom is 0.433 e. The number of aliphatic carboxylic acids is 1. The fourth-order valence-electron chi connectivity index (χ4n) is 7.01. The van der Waals surface area contributed by atoms with Gasteiger partial charge in [0.25, 0.3) is 0 Å². The summed E-state index contributed by atoms with van der Waals surface area (Å²) in [6, 6.07) is 8.02. The number of anilines is 2. The second-order valence-electron chi connectivity index (χ2n) is 12.8. The van der Waals surface area contributed by atoms with E-state index < -0.39 is 17.8 Å². The number of pyridine rings is 3. The zero-order valence-electron chi connectivity index (χ0n) is 27.3. The van der Waals surface area contributed by atoms with E-state index in [0.717, 1.165) is 43.3 Å². The molecular weight excluding hydrogens is 627 g/mol. The minimum absolute atomic E-state index is 0.0525. The molecule has 0 bridgehead atoms. The molecule has 48 heavy (non-hydrogen) atoms.